The Kier molecular flexibility index (Phi) is 5.99. The Bertz CT molecular complexity index is 324. The van der Waals surface area contributed by atoms with Crippen LogP contribution in [-0.2, 0) is 6.54 Å². The second-order valence-corrected chi connectivity index (χ2v) is 4.90. The van der Waals surface area contributed by atoms with Crippen molar-refractivity contribution in [2.45, 2.75) is 33.2 Å². The highest BCUT2D eigenvalue weighted by Gasteiger charge is 2.04. The fourth-order valence-electron chi connectivity index (χ4n) is 1.67. The summed E-state index contributed by atoms with van der Waals surface area (Å²) in [6.45, 7) is 6.12. The molecule has 0 amide bonds. The first-order valence-corrected chi connectivity index (χ1v) is 6.61. The first kappa shape index (κ1) is 13.7. The van der Waals surface area contributed by atoms with E-state index in [0.717, 1.165) is 23.1 Å². The predicted molar refractivity (Wildman–Crippen MR) is 69.9 cm³/mol. The van der Waals surface area contributed by atoms with Crippen molar-refractivity contribution < 1.29 is 4.39 Å². The maximum Gasteiger partial charge on any atom is 0.123 e. The summed E-state index contributed by atoms with van der Waals surface area (Å²) < 4.78 is 14.0. The highest BCUT2D eigenvalue weighted by molar-refractivity contribution is 9.10. The van der Waals surface area contributed by atoms with Crippen LogP contribution in [0.5, 0.6) is 0 Å². The van der Waals surface area contributed by atoms with Crippen LogP contribution in [0, 0.1) is 11.7 Å². The Morgan fingerprint density at radius 1 is 1.31 bits per heavy atom. The van der Waals surface area contributed by atoms with Crippen LogP contribution in [0.1, 0.15) is 32.3 Å². The molecule has 0 bridgehead atoms. The minimum Gasteiger partial charge on any atom is -0.312 e. The summed E-state index contributed by atoms with van der Waals surface area (Å²) in [7, 11) is 0. The molecule has 0 spiro atoms. The maximum atomic E-state index is 13.0. The topological polar surface area (TPSA) is 12.0 Å². The van der Waals surface area contributed by atoms with Crippen molar-refractivity contribution >= 4 is 15.9 Å². The molecule has 0 radical (unpaired) electrons. The van der Waals surface area contributed by atoms with Crippen molar-refractivity contribution in [2.24, 2.45) is 5.92 Å². The zero-order chi connectivity index (χ0) is 12.0. The highest BCUT2D eigenvalue weighted by Crippen LogP contribution is 2.17. The molecule has 16 heavy (non-hydrogen) atoms. The second kappa shape index (κ2) is 7.02. The van der Waals surface area contributed by atoms with E-state index in [0.29, 0.717) is 5.92 Å². The molecule has 1 aromatic rings. The molecule has 0 unspecified atom stereocenters. The maximum absolute atomic E-state index is 13.0. The quantitative estimate of drug-likeness (QED) is 0.830. The third-order valence-corrected chi connectivity index (χ3v) is 3.68. The van der Waals surface area contributed by atoms with Crippen molar-refractivity contribution in [2.75, 3.05) is 6.54 Å². The molecule has 0 heterocycles. The van der Waals surface area contributed by atoms with Crippen LogP contribution in [0.2, 0.25) is 0 Å². The molecule has 3 heteroatoms. The molecular weight excluding hydrogens is 269 g/mol. The van der Waals surface area contributed by atoms with Crippen LogP contribution < -0.4 is 5.32 Å². The molecule has 1 rings (SSSR count). The summed E-state index contributed by atoms with van der Waals surface area (Å²) in [4.78, 5) is 0. The van der Waals surface area contributed by atoms with Gasteiger partial charge in [0.25, 0.3) is 0 Å². The Labute approximate surface area is 106 Å². The number of rotatable bonds is 6. The van der Waals surface area contributed by atoms with Gasteiger partial charge in [-0.3, -0.25) is 0 Å². The van der Waals surface area contributed by atoms with Crippen LogP contribution in [0.4, 0.5) is 4.39 Å². The number of nitrogens with one attached hydrogen (secondary N) is 1. The van der Waals surface area contributed by atoms with Crippen molar-refractivity contribution in [1.29, 1.82) is 0 Å². The molecule has 0 aliphatic heterocycles. The van der Waals surface area contributed by atoms with E-state index in [1.807, 2.05) is 0 Å². The van der Waals surface area contributed by atoms with Crippen molar-refractivity contribution in [3.63, 3.8) is 0 Å². The van der Waals surface area contributed by atoms with Crippen LogP contribution in [0.3, 0.4) is 0 Å². The van der Waals surface area contributed by atoms with Crippen LogP contribution in [0.15, 0.2) is 22.7 Å². The first-order valence-electron chi connectivity index (χ1n) is 5.82. The molecular formula is C13H19BrFN. The van der Waals surface area contributed by atoms with Crippen molar-refractivity contribution in [3.05, 3.63) is 34.1 Å². The van der Waals surface area contributed by atoms with Crippen LogP contribution in [-0.4, -0.2) is 6.54 Å². The van der Waals surface area contributed by atoms with Gasteiger partial charge < -0.3 is 5.32 Å². The van der Waals surface area contributed by atoms with E-state index in [9.17, 15) is 4.39 Å². The van der Waals surface area contributed by atoms with E-state index in [1.54, 1.807) is 12.1 Å². The van der Waals surface area contributed by atoms with Gasteiger partial charge in [0.15, 0.2) is 0 Å². The summed E-state index contributed by atoms with van der Waals surface area (Å²) >= 11 is 3.43. The number of halogens is 2. The molecule has 1 aromatic carbocycles. The van der Waals surface area contributed by atoms with Gasteiger partial charge in [0.1, 0.15) is 5.82 Å². The highest BCUT2D eigenvalue weighted by atomic mass is 79.9. The Hall–Kier alpha value is -0.410. The van der Waals surface area contributed by atoms with Gasteiger partial charge in [0, 0.05) is 11.0 Å². The molecule has 0 aliphatic carbocycles. The van der Waals surface area contributed by atoms with Gasteiger partial charge in [0.2, 0.25) is 0 Å². The smallest absolute Gasteiger partial charge is 0.123 e. The van der Waals surface area contributed by atoms with Crippen LogP contribution >= 0.6 is 15.9 Å². The van der Waals surface area contributed by atoms with Gasteiger partial charge in [-0.2, -0.15) is 0 Å². The van der Waals surface area contributed by atoms with Gasteiger partial charge in [-0.05, 0) is 36.2 Å². The Balaban J connectivity index is 2.45. The zero-order valence-electron chi connectivity index (χ0n) is 9.89. The van der Waals surface area contributed by atoms with E-state index in [1.165, 1.54) is 18.9 Å². The standard InChI is InChI=1S/C13H19BrFN/c1-3-10(4-2)8-16-9-11-7-12(15)5-6-13(11)14/h5-7,10,16H,3-4,8-9H2,1-2H3. The predicted octanol–water partition coefficient (Wildman–Crippen LogP) is 4.11. The minimum absolute atomic E-state index is 0.178. The fourth-order valence-corrected chi connectivity index (χ4v) is 2.05. The summed E-state index contributed by atoms with van der Waals surface area (Å²) in [6, 6.07) is 4.79. The molecule has 0 saturated carbocycles. The van der Waals surface area contributed by atoms with Gasteiger partial charge in [-0.25, -0.2) is 4.39 Å². The molecule has 1 N–H and O–H groups in total. The van der Waals surface area contributed by atoms with E-state index in [4.69, 9.17) is 0 Å². The first-order chi connectivity index (χ1) is 7.67. The molecule has 0 fully saturated rings. The van der Waals surface area contributed by atoms with E-state index in [-0.39, 0.29) is 5.82 Å². The molecule has 0 aromatic heterocycles. The summed E-state index contributed by atoms with van der Waals surface area (Å²) in [5, 5.41) is 3.38. The zero-order valence-corrected chi connectivity index (χ0v) is 11.5. The van der Waals surface area contributed by atoms with E-state index in [2.05, 4.69) is 35.1 Å². The lowest BCUT2D eigenvalue weighted by atomic mass is 10.0. The number of hydrogen-bond donors (Lipinski definition) is 1. The SMILES string of the molecule is CCC(CC)CNCc1cc(F)ccc1Br. The monoisotopic (exact) mass is 287 g/mol. The van der Waals surface area contributed by atoms with Gasteiger partial charge >= 0.3 is 0 Å². The lowest BCUT2D eigenvalue weighted by Crippen LogP contribution is -2.21. The summed E-state index contributed by atoms with van der Waals surface area (Å²) in [5.41, 5.74) is 0.978. The molecule has 0 atom stereocenters. The fraction of sp³-hybridized carbons (Fsp3) is 0.538. The normalized spacial score (nSPS) is 11.1. The lowest BCUT2D eigenvalue weighted by Gasteiger charge is -2.13. The number of benzene rings is 1. The summed E-state index contributed by atoms with van der Waals surface area (Å²) in [5.74, 6) is 0.537. The Morgan fingerprint density at radius 2 is 2.00 bits per heavy atom. The Morgan fingerprint density at radius 3 is 2.62 bits per heavy atom. The molecule has 0 aliphatic rings. The molecule has 90 valence electrons. The minimum atomic E-state index is -0.178. The van der Waals surface area contributed by atoms with E-state index >= 15 is 0 Å². The molecule has 0 saturated heterocycles. The van der Waals surface area contributed by atoms with Crippen molar-refractivity contribution in [3.8, 4) is 0 Å². The van der Waals surface area contributed by atoms with Crippen molar-refractivity contribution in [1.82, 2.24) is 5.32 Å². The molecule has 1 nitrogen and oxygen atoms in total. The second-order valence-electron chi connectivity index (χ2n) is 4.05. The lowest BCUT2D eigenvalue weighted by molar-refractivity contribution is 0.449. The summed E-state index contributed by atoms with van der Waals surface area (Å²) in [6.07, 6.45) is 2.38. The number of hydrogen-bond acceptors (Lipinski definition) is 1. The average Bonchev–Trinajstić information content (AvgIpc) is 2.29. The van der Waals surface area contributed by atoms with Gasteiger partial charge in [0.05, 0.1) is 0 Å². The van der Waals surface area contributed by atoms with E-state index < -0.39 is 0 Å². The largest absolute Gasteiger partial charge is 0.312 e. The average molecular weight is 288 g/mol. The third-order valence-electron chi connectivity index (χ3n) is 2.91. The van der Waals surface area contributed by atoms with Crippen LogP contribution in [0.25, 0.3) is 0 Å². The van der Waals surface area contributed by atoms with Gasteiger partial charge in [-0.15, -0.1) is 0 Å². The van der Waals surface area contributed by atoms with Gasteiger partial charge in [-0.1, -0.05) is 42.6 Å². The third kappa shape index (κ3) is 4.22.